The summed E-state index contributed by atoms with van der Waals surface area (Å²) >= 11 is 0. The van der Waals surface area contributed by atoms with E-state index in [4.69, 9.17) is 0 Å². The van der Waals surface area contributed by atoms with Crippen molar-refractivity contribution in [1.29, 1.82) is 0 Å². The average Bonchev–Trinajstić information content (AvgIpc) is 2.16. The number of rotatable bonds is 5. The van der Waals surface area contributed by atoms with E-state index in [1.54, 1.807) is 0 Å². The summed E-state index contributed by atoms with van der Waals surface area (Å²) in [7, 11) is 0. The smallest absolute Gasteiger partial charge is 0.0412 e. The van der Waals surface area contributed by atoms with E-state index in [1.807, 2.05) is 0 Å². The molecule has 1 fully saturated rings. The molecule has 1 saturated carbocycles. The third-order valence-electron chi connectivity index (χ3n) is 3.70. The second kappa shape index (κ2) is 6.48. The van der Waals surface area contributed by atoms with E-state index >= 15 is 0 Å². The van der Waals surface area contributed by atoms with Crippen LogP contribution in [-0.4, -0.2) is 0 Å². The van der Waals surface area contributed by atoms with Gasteiger partial charge in [-0.1, -0.05) is 65.7 Å². The zero-order valence-corrected chi connectivity index (χ0v) is 10.4. The van der Waals surface area contributed by atoms with Crippen LogP contribution in [0.25, 0.3) is 0 Å². The SMILES string of the molecule is CC(C)CCC(C)CC1CCCCC1. The molecule has 1 unspecified atom stereocenters. The lowest BCUT2D eigenvalue weighted by Crippen LogP contribution is -2.11. The highest BCUT2D eigenvalue weighted by Crippen LogP contribution is 2.30. The Morgan fingerprint density at radius 3 is 2.14 bits per heavy atom. The summed E-state index contributed by atoms with van der Waals surface area (Å²) in [5.74, 6) is 2.94. The second-order valence-electron chi connectivity index (χ2n) is 5.82. The van der Waals surface area contributed by atoms with Crippen LogP contribution in [0.3, 0.4) is 0 Å². The molecule has 0 aromatic rings. The molecule has 0 bridgehead atoms. The topological polar surface area (TPSA) is 0 Å². The molecule has 1 aliphatic carbocycles. The lowest BCUT2D eigenvalue weighted by molar-refractivity contribution is 0.281. The first-order chi connectivity index (χ1) is 6.68. The summed E-state index contributed by atoms with van der Waals surface area (Å²) < 4.78 is 0. The molecule has 0 aromatic heterocycles. The van der Waals surface area contributed by atoms with Gasteiger partial charge in [0.2, 0.25) is 0 Å². The summed E-state index contributed by atoms with van der Waals surface area (Å²) in [5.41, 5.74) is 0. The van der Waals surface area contributed by atoms with Gasteiger partial charge in [-0.05, 0) is 24.2 Å². The zero-order valence-electron chi connectivity index (χ0n) is 10.4. The second-order valence-corrected chi connectivity index (χ2v) is 5.82. The summed E-state index contributed by atoms with van der Waals surface area (Å²) in [6.45, 7) is 7.14. The molecule has 84 valence electrons. The van der Waals surface area contributed by atoms with Crippen LogP contribution in [0.4, 0.5) is 0 Å². The van der Waals surface area contributed by atoms with E-state index in [0.717, 1.165) is 17.8 Å². The molecule has 1 aliphatic rings. The Morgan fingerprint density at radius 2 is 1.57 bits per heavy atom. The highest BCUT2D eigenvalue weighted by atomic mass is 14.2. The van der Waals surface area contributed by atoms with E-state index in [2.05, 4.69) is 20.8 Å². The van der Waals surface area contributed by atoms with E-state index in [-0.39, 0.29) is 0 Å². The third kappa shape index (κ3) is 5.02. The van der Waals surface area contributed by atoms with Gasteiger partial charge in [0, 0.05) is 0 Å². The van der Waals surface area contributed by atoms with E-state index in [9.17, 15) is 0 Å². The van der Waals surface area contributed by atoms with Gasteiger partial charge in [-0.2, -0.15) is 0 Å². The van der Waals surface area contributed by atoms with Gasteiger partial charge in [-0.3, -0.25) is 0 Å². The molecule has 0 aromatic carbocycles. The quantitative estimate of drug-likeness (QED) is 0.578. The molecule has 0 radical (unpaired) electrons. The number of hydrogen-bond acceptors (Lipinski definition) is 0. The molecule has 0 saturated heterocycles. The van der Waals surface area contributed by atoms with E-state index < -0.39 is 0 Å². The van der Waals surface area contributed by atoms with Gasteiger partial charge in [-0.25, -0.2) is 0 Å². The van der Waals surface area contributed by atoms with Gasteiger partial charge in [0.05, 0.1) is 0 Å². The summed E-state index contributed by atoms with van der Waals surface area (Å²) in [6, 6.07) is 0. The predicted octanol–water partition coefficient (Wildman–Crippen LogP) is 5.03. The monoisotopic (exact) mass is 196 g/mol. The first kappa shape index (κ1) is 12.1. The molecule has 1 atom stereocenters. The minimum Gasteiger partial charge on any atom is -0.0628 e. The standard InChI is InChI=1S/C14H28/c1-12(2)9-10-13(3)11-14-7-5-4-6-8-14/h12-14H,4-11H2,1-3H3. The molecular formula is C14H28. The molecule has 1 rings (SSSR count). The highest BCUT2D eigenvalue weighted by Gasteiger charge is 2.16. The fourth-order valence-electron chi connectivity index (χ4n) is 2.73. The van der Waals surface area contributed by atoms with Gasteiger partial charge < -0.3 is 0 Å². The van der Waals surface area contributed by atoms with Crippen molar-refractivity contribution in [1.82, 2.24) is 0 Å². The van der Waals surface area contributed by atoms with Crippen LogP contribution in [0, 0.1) is 17.8 Å². The fraction of sp³-hybridized carbons (Fsp3) is 1.00. The Kier molecular flexibility index (Phi) is 5.59. The molecule has 14 heavy (non-hydrogen) atoms. The van der Waals surface area contributed by atoms with Crippen LogP contribution >= 0.6 is 0 Å². The van der Waals surface area contributed by atoms with Crippen molar-refractivity contribution in [3.63, 3.8) is 0 Å². The van der Waals surface area contributed by atoms with Crippen LogP contribution in [0.1, 0.15) is 72.1 Å². The van der Waals surface area contributed by atoms with Crippen molar-refractivity contribution < 1.29 is 0 Å². The number of hydrogen-bond donors (Lipinski definition) is 0. The summed E-state index contributed by atoms with van der Waals surface area (Å²) in [4.78, 5) is 0. The fourth-order valence-corrected chi connectivity index (χ4v) is 2.73. The van der Waals surface area contributed by atoms with Crippen molar-refractivity contribution in [2.45, 2.75) is 72.1 Å². The first-order valence-corrected chi connectivity index (χ1v) is 6.68. The Balaban J connectivity index is 2.09. The summed E-state index contributed by atoms with van der Waals surface area (Å²) in [5, 5.41) is 0. The highest BCUT2D eigenvalue weighted by molar-refractivity contribution is 4.68. The normalized spacial score (nSPS) is 21.4. The third-order valence-corrected chi connectivity index (χ3v) is 3.70. The Bertz CT molecular complexity index is 131. The lowest BCUT2D eigenvalue weighted by Gasteiger charge is -2.24. The van der Waals surface area contributed by atoms with Gasteiger partial charge in [0.15, 0.2) is 0 Å². The van der Waals surface area contributed by atoms with Crippen LogP contribution in [0.5, 0.6) is 0 Å². The first-order valence-electron chi connectivity index (χ1n) is 6.68. The van der Waals surface area contributed by atoms with Crippen molar-refractivity contribution in [3.8, 4) is 0 Å². The molecule has 0 N–H and O–H groups in total. The minimum absolute atomic E-state index is 0.892. The molecule has 0 aliphatic heterocycles. The maximum atomic E-state index is 2.46. The average molecular weight is 196 g/mol. The summed E-state index contributed by atoms with van der Waals surface area (Å²) in [6.07, 6.45) is 11.9. The molecular weight excluding hydrogens is 168 g/mol. The Hall–Kier alpha value is 0. The maximum Gasteiger partial charge on any atom is -0.0412 e. The van der Waals surface area contributed by atoms with Crippen LogP contribution in [0.15, 0.2) is 0 Å². The van der Waals surface area contributed by atoms with Crippen LogP contribution in [-0.2, 0) is 0 Å². The van der Waals surface area contributed by atoms with Gasteiger partial charge in [-0.15, -0.1) is 0 Å². The lowest BCUT2D eigenvalue weighted by atomic mass is 9.81. The molecule has 0 spiro atoms. The van der Waals surface area contributed by atoms with Gasteiger partial charge in [0.25, 0.3) is 0 Å². The predicted molar refractivity (Wildman–Crippen MR) is 64.4 cm³/mol. The zero-order chi connectivity index (χ0) is 10.4. The largest absolute Gasteiger partial charge is 0.0628 e. The molecule has 0 heterocycles. The molecule has 0 amide bonds. The Labute approximate surface area is 90.5 Å². The van der Waals surface area contributed by atoms with E-state index in [1.165, 1.54) is 51.4 Å². The van der Waals surface area contributed by atoms with Crippen LogP contribution in [0.2, 0.25) is 0 Å². The van der Waals surface area contributed by atoms with E-state index in [0.29, 0.717) is 0 Å². The minimum atomic E-state index is 0.892. The van der Waals surface area contributed by atoms with Crippen molar-refractivity contribution in [3.05, 3.63) is 0 Å². The van der Waals surface area contributed by atoms with Gasteiger partial charge in [0.1, 0.15) is 0 Å². The van der Waals surface area contributed by atoms with Crippen molar-refractivity contribution in [2.75, 3.05) is 0 Å². The van der Waals surface area contributed by atoms with Crippen molar-refractivity contribution in [2.24, 2.45) is 17.8 Å². The molecule has 0 heteroatoms. The van der Waals surface area contributed by atoms with Gasteiger partial charge >= 0.3 is 0 Å². The van der Waals surface area contributed by atoms with Crippen molar-refractivity contribution >= 4 is 0 Å². The van der Waals surface area contributed by atoms with Crippen LogP contribution < -0.4 is 0 Å². The Morgan fingerprint density at radius 1 is 0.929 bits per heavy atom. The maximum absolute atomic E-state index is 2.46. The molecule has 0 nitrogen and oxygen atoms in total.